The van der Waals surface area contributed by atoms with Crippen LogP contribution in [-0.2, 0) is 11.2 Å². The minimum atomic E-state index is -0.285. The van der Waals surface area contributed by atoms with E-state index < -0.39 is 0 Å². The number of carbonyl (C=O) groups is 1. The smallest absolute Gasteiger partial charge is 0.225 e. The van der Waals surface area contributed by atoms with Crippen LogP contribution in [0.3, 0.4) is 0 Å². The van der Waals surface area contributed by atoms with Crippen LogP contribution in [0.2, 0.25) is 5.02 Å². The normalized spacial score (nSPS) is 16.4. The molecule has 126 valence electrons. The molecular weight excluding hydrogens is 349 g/mol. The maximum absolute atomic E-state index is 13.5. The van der Waals surface area contributed by atoms with Crippen LogP contribution in [0.15, 0.2) is 41.3 Å². The number of nitrogens with one attached hydrogen (secondary N) is 1. The van der Waals surface area contributed by atoms with Crippen molar-refractivity contribution >= 4 is 29.3 Å². The van der Waals surface area contributed by atoms with Crippen LogP contribution in [0, 0.1) is 5.82 Å². The number of carbonyl (C=O) groups excluding carboxylic acids is 1. The van der Waals surface area contributed by atoms with Gasteiger partial charge in [-0.2, -0.15) is 0 Å². The van der Waals surface area contributed by atoms with Crippen LogP contribution < -0.4 is 10.1 Å². The van der Waals surface area contributed by atoms with Gasteiger partial charge < -0.3 is 10.1 Å². The molecule has 0 spiro atoms. The lowest BCUT2D eigenvalue weighted by Crippen LogP contribution is -2.32. The van der Waals surface area contributed by atoms with Crippen LogP contribution >= 0.6 is 23.4 Å². The van der Waals surface area contributed by atoms with Crippen LogP contribution in [0.1, 0.15) is 23.6 Å². The van der Waals surface area contributed by atoms with Crippen molar-refractivity contribution in [1.29, 1.82) is 0 Å². The third-order valence-corrected chi connectivity index (χ3v) is 5.30. The first-order valence-corrected chi connectivity index (χ1v) is 8.97. The zero-order chi connectivity index (χ0) is 17.1. The van der Waals surface area contributed by atoms with E-state index in [1.807, 2.05) is 0 Å². The minimum absolute atomic E-state index is 0.136. The fraction of sp³-hybridized carbons (Fsp3) is 0.278. The third kappa shape index (κ3) is 3.84. The summed E-state index contributed by atoms with van der Waals surface area (Å²) in [6.45, 7) is 0. The summed E-state index contributed by atoms with van der Waals surface area (Å²) < 4.78 is 18.8. The van der Waals surface area contributed by atoms with Gasteiger partial charge in [-0.05, 0) is 48.4 Å². The van der Waals surface area contributed by atoms with Crippen molar-refractivity contribution in [1.82, 2.24) is 5.32 Å². The van der Waals surface area contributed by atoms with Crippen molar-refractivity contribution in [3.05, 3.63) is 58.4 Å². The van der Waals surface area contributed by atoms with Crippen molar-refractivity contribution in [3.63, 3.8) is 0 Å². The zero-order valence-corrected chi connectivity index (χ0v) is 14.7. The predicted octanol–water partition coefficient (Wildman–Crippen LogP) is 4.38. The number of halogens is 2. The van der Waals surface area contributed by atoms with Gasteiger partial charge in [0.2, 0.25) is 5.91 Å². The Balaban J connectivity index is 1.75. The van der Waals surface area contributed by atoms with E-state index >= 15 is 0 Å². The van der Waals surface area contributed by atoms with E-state index in [1.54, 1.807) is 43.1 Å². The Morgan fingerprint density at radius 3 is 3.00 bits per heavy atom. The minimum Gasteiger partial charge on any atom is -0.496 e. The van der Waals surface area contributed by atoms with E-state index in [4.69, 9.17) is 16.3 Å². The first kappa shape index (κ1) is 17.1. The average molecular weight is 366 g/mol. The molecule has 1 N–H and O–H groups in total. The van der Waals surface area contributed by atoms with Gasteiger partial charge in [0.1, 0.15) is 11.6 Å². The predicted molar refractivity (Wildman–Crippen MR) is 94.3 cm³/mol. The summed E-state index contributed by atoms with van der Waals surface area (Å²) in [4.78, 5) is 13.5. The lowest BCUT2D eigenvalue weighted by Gasteiger charge is -2.26. The second-order valence-corrected chi connectivity index (χ2v) is 7.15. The molecule has 3 rings (SSSR count). The van der Waals surface area contributed by atoms with E-state index in [2.05, 4.69) is 5.32 Å². The van der Waals surface area contributed by atoms with Crippen molar-refractivity contribution in [2.75, 3.05) is 12.9 Å². The van der Waals surface area contributed by atoms with E-state index in [0.29, 0.717) is 10.8 Å². The number of hydrogen-bond acceptors (Lipinski definition) is 3. The summed E-state index contributed by atoms with van der Waals surface area (Å²) in [7, 11) is 1.56. The Hall–Kier alpha value is -1.72. The SMILES string of the molecule is COc1ccc(Cl)cc1CC(=O)NC1CCSc2ccc(F)cc21. The van der Waals surface area contributed by atoms with Gasteiger partial charge in [-0.25, -0.2) is 4.39 Å². The standard InChI is InChI=1S/C18H17ClFNO2S/c1-23-16-4-2-12(19)8-11(16)9-18(22)21-15-6-7-24-17-5-3-13(20)10-14(15)17/h2-5,8,10,15H,6-7,9H2,1H3,(H,21,22). The lowest BCUT2D eigenvalue weighted by atomic mass is 10.0. The van der Waals surface area contributed by atoms with Gasteiger partial charge in [-0.1, -0.05) is 11.6 Å². The third-order valence-electron chi connectivity index (χ3n) is 3.94. The molecule has 0 saturated heterocycles. The molecule has 0 radical (unpaired) electrons. The highest BCUT2D eigenvalue weighted by molar-refractivity contribution is 7.99. The molecule has 3 nitrogen and oxygen atoms in total. The number of hydrogen-bond donors (Lipinski definition) is 1. The van der Waals surface area contributed by atoms with Crippen LogP contribution in [-0.4, -0.2) is 18.8 Å². The van der Waals surface area contributed by atoms with Gasteiger partial charge in [0, 0.05) is 21.2 Å². The molecule has 0 aromatic heterocycles. The maximum Gasteiger partial charge on any atom is 0.225 e. The van der Waals surface area contributed by atoms with Gasteiger partial charge >= 0.3 is 0 Å². The van der Waals surface area contributed by atoms with Gasteiger partial charge in [-0.3, -0.25) is 4.79 Å². The maximum atomic E-state index is 13.5. The Labute approximate surface area is 149 Å². The molecule has 1 aliphatic rings. The van der Waals surface area contributed by atoms with E-state index in [9.17, 15) is 9.18 Å². The van der Waals surface area contributed by atoms with E-state index in [1.165, 1.54) is 12.1 Å². The molecule has 1 unspecified atom stereocenters. The van der Waals surface area contributed by atoms with Gasteiger partial charge in [0.05, 0.1) is 19.6 Å². The van der Waals surface area contributed by atoms with Gasteiger partial charge in [-0.15, -0.1) is 11.8 Å². The number of rotatable bonds is 4. The molecule has 6 heteroatoms. The molecule has 2 aromatic carbocycles. The van der Waals surface area contributed by atoms with Crippen molar-refractivity contribution in [2.45, 2.75) is 23.8 Å². The number of fused-ring (bicyclic) bond motifs is 1. The summed E-state index contributed by atoms with van der Waals surface area (Å²) in [5.74, 6) is 1.10. The molecule has 0 saturated carbocycles. The summed E-state index contributed by atoms with van der Waals surface area (Å²) in [6.07, 6.45) is 0.942. The van der Waals surface area contributed by atoms with Crippen LogP contribution in [0.5, 0.6) is 5.75 Å². The first-order valence-electron chi connectivity index (χ1n) is 7.61. The summed E-state index contributed by atoms with van der Waals surface area (Å²) in [5.41, 5.74) is 1.57. The van der Waals surface area contributed by atoms with E-state index in [-0.39, 0.29) is 24.2 Å². The second-order valence-electron chi connectivity index (χ2n) is 5.57. The molecule has 0 aliphatic carbocycles. The Morgan fingerprint density at radius 2 is 2.21 bits per heavy atom. The zero-order valence-electron chi connectivity index (χ0n) is 13.1. The highest BCUT2D eigenvalue weighted by atomic mass is 35.5. The Bertz CT molecular complexity index is 769. The first-order chi connectivity index (χ1) is 11.6. The number of thioether (sulfide) groups is 1. The number of amides is 1. The molecule has 1 aliphatic heterocycles. The molecular formula is C18H17ClFNO2S. The lowest BCUT2D eigenvalue weighted by molar-refractivity contribution is -0.121. The van der Waals surface area contributed by atoms with Crippen molar-refractivity contribution < 1.29 is 13.9 Å². The van der Waals surface area contributed by atoms with E-state index in [0.717, 1.165) is 28.2 Å². The quantitative estimate of drug-likeness (QED) is 0.873. The highest BCUT2D eigenvalue weighted by Gasteiger charge is 2.23. The molecule has 1 amide bonds. The summed E-state index contributed by atoms with van der Waals surface area (Å²) in [6, 6.07) is 9.75. The summed E-state index contributed by atoms with van der Waals surface area (Å²) in [5, 5.41) is 3.56. The molecule has 1 atom stereocenters. The molecule has 0 bridgehead atoms. The monoisotopic (exact) mass is 365 g/mol. The topological polar surface area (TPSA) is 38.3 Å². The largest absolute Gasteiger partial charge is 0.496 e. The molecule has 2 aromatic rings. The van der Waals surface area contributed by atoms with Crippen molar-refractivity contribution in [2.24, 2.45) is 0 Å². The average Bonchev–Trinajstić information content (AvgIpc) is 2.55. The van der Waals surface area contributed by atoms with Crippen molar-refractivity contribution in [3.8, 4) is 5.75 Å². The summed E-state index contributed by atoms with van der Waals surface area (Å²) >= 11 is 7.69. The molecule has 1 heterocycles. The van der Waals surface area contributed by atoms with Gasteiger partial charge in [0.15, 0.2) is 0 Å². The number of benzene rings is 2. The van der Waals surface area contributed by atoms with Gasteiger partial charge in [0.25, 0.3) is 0 Å². The second kappa shape index (κ2) is 7.45. The fourth-order valence-corrected chi connectivity index (χ4v) is 4.12. The fourth-order valence-electron chi connectivity index (χ4n) is 2.82. The van der Waals surface area contributed by atoms with Crippen LogP contribution in [0.25, 0.3) is 0 Å². The Morgan fingerprint density at radius 1 is 1.38 bits per heavy atom. The Kier molecular flexibility index (Phi) is 5.31. The molecule has 0 fully saturated rings. The number of ether oxygens (including phenoxy) is 1. The highest BCUT2D eigenvalue weighted by Crippen LogP contribution is 2.36. The van der Waals surface area contributed by atoms with Crippen LogP contribution in [0.4, 0.5) is 4.39 Å². The number of methoxy groups -OCH3 is 1. The molecule has 24 heavy (non-hydrogen) atoms.